The van der Waals surface area contributed by atoms with Gasteiger partial charge in [-0.15, -0.1) is 11.8 Å². The highest BCUT2D eigenvalue weighted by Gasteiger charge is 2.31. The molecule has 1 saturated heterocycles. The topological polar surface area (TPSA) is 92.2 Å². The molecule has 0 bridgehead atoms. The largest absolute Gasteiger partial charge is 0.499 e. The van der Waals surface area contributed by atoms with Crippen molar-refractivity contribution in [3.63, 3.8) is 0 Å². The molecule has 82 valence electrons. The number of aromatic amines is 1. The summed E-state index contributed by atoms with van der Waals surface area (Å²) in [6.45, 7) is -0.0470. The summed E-state index contributed by atoms with van der Waals surface area (Å²) in [5.41, 5.74) is 4.87. The van der Waals surface area contributed by atoms with Crippen LogP contribution in [0.3, 0.4) is 0 Å². The van der Waals surface area contributed by atoms with Crippen molar-refractivity contribution in [2.24, 2.45) is 0 Å². The van der Waals surface area contributed by atoms with E-state index in [9.17, 15) is 4.79 Å². The van der Waals surface area contributed by atoms with E-state index in [1.165, 1.54) is 16.3 Å². The molecule has 0 unspecified atom stereocenters. The lowest BCUT2D eigenvalue weighted by molar-refractivity contribution is -0.770. The average Bonchev–Trinajstić information content (AvgIpc) is 2.66. The minimum atomic E-state index is -0.337. The Balaban J connectivity index is 2.20. The van der Waals surface area contributed by atoms with E-state index in [1.54, 1.807) is 12.3 Å². The van der Waals surface area contributed by atoms with Gasteiger partial charge in [0.25, 0.3) is 0 Å². The number of nitrogens with zero attached hydrogens (tertiary/aromatic N) is 1. The Bertz CT molecular complexity index is 408. The maximum atomic E-state index is 11.5. The lowest BCUT2D eigenvalue weighted by Gasteiger charge is -2.07. The highest BCUT2D eigenvalue weighted by molar-refractivity contribution is 8.00. The van der Waals surface area contributed by atoms with Gasteiger partial charge in [-0.1, -0.05) is 0 Å². The van der Waals surface area contributed by atoms with Crippen molar-refractivity contribution in [2.45, 2.75) is 11.7 Å². The minimum Gasteiger partial charge on any atom is -0.393 e. The number of aliphatic hydroxyl groups is 1. The molecule has 0 amide bonds. The first-order valence-corrected chi connectivity index (χ1v) is 5.53. The Kier molecular flexibility index (Phi) is 2.94. The zero-order valence-corrected chi connectivity index (χ0v) is 8.74. The number of anilines is 1. The molecule has 1 aliphatic heterocycles. The van der Waals surface area contributed by atoms with Gasteiger partial charge in [0.15, 0.2) is 5.82 Å². The second-order valence-corrected chi connectivity index (χ2v) is 4.34. The first kappa shape index (κ1) is 10.5. The molecule has 1 aromatic rings. The number of nitrogen functional groups attached to an aromatic ring is 1. The number of ether oxygens (including phenoxy) is 1. The van der Waals surface area contributed by atoms with E-state index < -0.39 is 0 Å². The molecule has 0 spiro atoms. The SMILES string of the molecule is Nc1cc[n+]([C@H]2CS[C@@H](CO)O2)c(=O)[nH]1. The lowest BCUT2D eigenvalue weighted by atomic mass is 10.5. The molecule has 2 atom stereocenters. The van der Waals surface area contributed by atoms with E-state index >= 15 is 0 Å². The molecular formula is C8H12N3O3S+. The van der Waals surface area contributed by atoms with Crippen LogP contribution in [-0.4, -0.2) is 27.9 Å². The second-order valence-electron chi connectivity index (χ2n) is 3.14. The number of thioether (sulfide) groups is 1. The van der Waals surface area contributed by atoms with Crippen LogP contribution in [0.4, 0.5) is 5.82 Å². The van der Waals surface area contributed by atoms with Crippen LogP contribution in [0.25, 0.3) is 0 Å². The molecular weight excluding hydrogens is 218 g/mol. The maximum absolute atomic E-state index is 11.5. The first-order valence-electron chi connectivity index (χ1n) is 4.48. The van der Waals surface area contributed by atoms with Crippen molar-refractivity contribution in [1.29, 1.82) is 0 Å². The minimum absolute atomic E-state index is 0.0470. The van der Waals surface area contributed by atoms with Crippen molar-refractivity contribution in [2.75, 3.05) is 18.1 Å². The summed E-state index contributed by atoms with van der Waals surface area (Å²) in [6.07, 6.45) is 1.25. The van der Waals surface area contributed by atoms with Gasteiger partial charge in [-0.3, -0.25) is 0 Å². The standard InChI is InChI=1S/C8H11N3O3S/c9-5-1-2-11(8(13)10-5)6-4-15-7(3-12)14-6/h1-2,6-7,12H,3-4H2,(H2,9,10,13)/p+1/t6-,7+/m1/s1. The van der Waals surface area contributed by atoms with E-state index in [0.29, 0.717) is 11.6 Å². The molecule has 2 rings (SSSR count). The number of aliphatic hydroxyl groups excluding tert-OH is 1. The van der Waals surface area contributed by atoms with Crippen molar-refractivity contribution in [3.8, 4) is 0 Å². The summed E-state index contributed by atoms with van der Waals surface area (Å²) in [7, 11) is 0. The van der Waals surface area contributed by atoms with Gasteiger partial charge in [0.2, 0.25) is 6.23 Å². The Labute approximate surface area is 90.1 Å². The van der Waals surface area contributed by atoms with E-state index in [0.717, 1.165) is 0 Å². The van der Waals surface area contributed by atoms with Crippen molar-refractivity contribution in [3.05, 3.63) is 22.7 Å². The normalized spacial score (nSPS) is 25.7. The third-order valence-corrected chi connectivity index (χ3v) is 3.20. The smallest absolute Gasteiger partial charge is 0.393 e. The van der Waals surface area contributed by atoms with Crippen molar-refractivity contribution >= 4 is 17.6 Å². The first-order chi connectivity index (χ1) is 7.20. The summed E-state index contributed by atoms with van der Waals surface area (Å²) in [4.78, 5) is 14.0. The molecule has 0 aliphatic carbocycles. The van der Waals surface area contributed by atoms with Crippen LogP contribution in [0.15, 0.2) is 17.1 Å². The zero-order valence-electron chi connectivity index (χ0n) is 7.92. The fourth-order valence-electron chi connectivity index (χ4n) is 1.37. The maximum Gasteiger partial charge on any atom is 0.499 e. The molecule has 1 fully saturated rings. The van der Waals surface area contributed by atoms with Gasteiger partial charge in [0, 0.05) is 6.07 Å². The van der Waals surface area contributed by atoms with E-state index in [4.69, 9.17) is 15.6 Å². The monoisotopic (exact) mass is 230 g/mol. The fourth-order valence-corrected chi connectivity index (χ4v) is 2.30. The quantitative estimate of drug-likeness (QED) is 0.556. The van der Waals surface area contributed by atoms with Gasteiger partial charge >= 0.3 is 5.69 Å². The Morgan fingerprint density at radius 3 is 3.20 bits per heavy atom. The number of nitrogens with one attached hydrogen (secondary N) is 1. The molecule has 0 saturated carbocycles. The van der Waals surface area contributed by atoms with Crippen molar-refractivity contribution < 1.29 is 14.4 Å². The molecule has 0 radical (unpaired) electrons. The molecule has 0 aromatic carbocycles. The number of nitrogens with two attached hydrogens (primary N) is 1. The number of H-pyrrole nitrogens is 1. The van der Waals surface area contributed by atoms with Crippen LogP contribution in [0.5, 0.6) is 0 Å². The third kappa shape index (κ3) is 2.14. The van der Waals surface area contributed by atoms with Crippen LogP contribution in [0.1, 0.15) is 6.23 Å². The molecule has 15 heavy (non-hydrogen) atoms. The van der Waals surface area contributed by atoms with Crippen LogP contribution < -0.4 is 16.0 Å². The highest BCUT2D eigenvalue weighted by Crippen LogP contribution is 2.27. The molecule has 1 aromatic heterocycles. The Hall–Kier alpha value is -1.05. The predicted molar refractivity (Wildman–Crippen MR) is 55.1 cm³/mol. The number of aromatic nitrogens is 2. The third-order valence-electron chi connectivity index (χ3n) is 2.09. The number of rotatable bonds is 2. The predicted octanol–water partition coefficient (Wildman–Crippen LogP) is -1.18. The summed E-state index contributed by atoms with van der Waals surface area (Å²) < 4.78 is 6.86. The Morgan fingerprint density at radius 2 is 2.60 bits per heavy atom. The van der Waals surface area contributed by atoms with Crippen LogP contribution in [-0.2, 0) is 4.74 Å². The molecule has 4 N–H and O–H groups in total. The van der Waals surface area contributed by atoms with Gasteiger partial charge in [-0.25, -0.2) is 0 Å². The average molecular weight is 230 g/mol. The van der Waals surface area contributed by atoms with Gasteiger partial charge in [0.1, 0.15) is 11.6 Å². The summed E-state index contributed by atoms with van der Waals surface area (Å²) in [5, 5.41) is 8.88. The molecule has 2 heterocycles. The molecule has 7 heteroatoms. The second kappa shape index (κ2) is 4.21. The Morgan fingerprint density at radius 1 is 1.80 bits per heavy atom. The molecule has 6 nitrogen and oxygen atoms in total. The highest BCUT2D eigenvalue weighted by atomic mass is 32.2. The number of hydrogen-bond acceptors (Lipinski definition) is 5. The van der Waals surface area contributed by atoms with E-state index in [1.807, 2.05) is 0 Å². The zero-order chi connectivity index (χ0) is 10.8. The van der Waals surface area contributed by atoms with Crippen LogP contribution in [0, 0.1) is 0 Å². The number of hydrogen-bond donors (Lipinski definition) is 3. The lowest BCUT2D eigenvalue weighted by Crippen LogP contribution is -2.55. The van der Waals surface area contributed by atoms with Crippen LogP contribution in [0.2, 0.25) is 0 Å². The fraction of sp³-hybridized carbons (Fsp3) is 0.500. The van der Waals surface area contributed by atoms with Gasteiger partial charge in [-0.05, 0) is 0 Å². The molecule has 1 aliphatic rings. The van der Waals surface area contributed by atoms with Gasteiger partial charge < -0.3 is 15.6 Å². The summed E-state index contributed by atoms with van der Waals surface area (Å²) in [5.74, 6) is 0.962. The van der Waals surface area contributed by atoms with Crippen molar-refractivity contribution in [1.82, 2.24) is 4.98 Å². The van der Waals surface area contributed by atoms with Gasteiger partial charge in [-0.2, -0.15) is 14.3 Å². The van der Waals surface area contributed by atoms with Crippen LogP contribution >= 0.6 is 11.8 Å². The van der Waals surface area contributed by atoms with Gasteiger partial charge in [0.05, 0.1) is 12.4 Å². The van der Waals surface area contributed by atoms with E-state index in [2.05, 4.69) is 4.98 Å². The van der Waals surface area contributed by atoms with E-state index in [-0.39, 0.29) is 24.0 Å². The summed E-state index contributed by atoms with van der Waals surface area (Å²) in [6, 6.07) is 1.60. The summed E-state index contributed by atoms with van der Waals surface area (Å²) >= 11 is 1.48.